The first kappa shape index (κ1) is 17.8. The summed E-state index contributed by atoms with van der Waals surface area (Å²) in [6.07, 6.45) is 2.02. The first-order chi connectivity index (χ1) is 13.0. The fourth-order valence-electron chi connectivity index (χ4n) is 2.94. The molecule has 0 atom stereocenters. The highest BCUT2D eigenvalue weighted by Gasteiger charge is 2.06. The zero-order valence-corrected chi connectivity index (χ0v) is 16.7. The summed E-state index contributed by atoms with van der Waals surface area (Å²) in [4.78, 5) is 21.2. The van der Waals surface area contributed by atoms with Gasteiger partial charge in [-0.15, -0.1) is 0 Å². The van der Waals surface area contributed by atoms with Crippen molar-refractivity contribution in [3.63, 3.8) is 0 Å². The van der Waals surface area contributed by atoms with E-state index in [0.29, 0.717) is 0 Å². The number of benzene rings is 2. The van der Waals surface area contributed by atoms with Crippen LogP contribution in [0, 0.1) is 0 Å². The zero-order chi connectivity index (χ0) is 19.0. The van der Waals surface area contributed by atoms with Crippen molar-refractivity contribution < 1.29 is 0 Å². The number of hydrogen-bond donors (Lipinski definition) is 1. The van der Waals surface area contributed by atoms with Crippen LogP contribution < -0.4 is 14.8 Å². The number of rotatable bonds is 4. The molecule has 0 unspecified atom stereocenters. The van der Waals surface area contributed by atoms with Crippen molar-refractivity contribution >= 4 is 46.8 Å². The molecule has 136 valence electrons. The minimum atomic E-state index is 0.0401. The molecule has 0 fully saturated rings. The summed E-state index contributed by atoms with van der Waals surface area (Å²) >= 11 is 2.84. The third-order valence-corrected chi connectivity index (χ3v) is 6.08. The van der Waals surface area contributed by atoms with Crippen LogP contribution in [0.5, 0.6) is 0 Å². The molecule has 0 aliphatic rings. The standard InChI is InChI=1S/C21H19N3OS2/c1-13(2)24-14(3)19(27-21(24)25)12-15-8-10-16(11-9-15)26-20-22-17-6-4-5-7-18(17)23-20/h4-13H,3H2,1-2H3,(H,22,23)/b19-12-. The lowest BCUT2D eigenvalue weighted by molar-refractivity contribution is 0.575. The van der Waals surface area contributed by atoms with Gasteiger partial charge in [0.15, 0.2) is 5.16 Å². The van der Waals surface area contributed by atoms with Crippen molar-refractivity contribution in [2.75, 3.05) is 0 Å². The molecular formula is C21H19N3OS2. The van der Waals surface area contributed by atoms with Crippen LogP contribution in [0.25, 0.3) is 23.7 Å². The summed E-state index contributed by atoms with van der Waals surface area (Å²) in [5.74, 6) is 0. The lowest BCUT2D eigenvalue weighted by atomic mass is 10.2. The molecule has 0 saturated carbocycles. The molecule has 1 N–H and O–H groups in total. The Morgan fingerprint density at radius 2 is 1.93 bits per heavy atom. The van der Waals surface area contributed by atoms with E-state index in [1.165, 1.54) is 11.3 Å². The van der Waals surface area contributed by atoms with E-state index in [1.54, 1.807) is 16.3 Å². The number of fused-ring (bicyclic) bond motifs is 1. The minimum Gasteiger partial charge on any atom is -0.333 e. The number of nitrogens with one attached hydrogen (secondary N) is 1. The predicted molar refractivity (Wildman–Crippen MR) is 114 cm³/mol. The monoisotopic (exact) mass is 393 g/mol. The second-order valence-electron chi connectivity index (χ2n) is 6.52. The molecule has 0 radical (unpaired) electrons. The topological polar surface area (TPSA) is 50.7 Å². The Labute approximate surface area is 164 Å². The largest absolute Gasteiger partial charge is 0.333 e. The lowest BCUT2D eigenvalue weighted by Gasteiger charge is -2.04. The maximum atomic E-state index is 12.1. The third-order valence-electron chi connectivity index (χ3n) is 4.25. The first-order valence-electron chi connectivity index (χ1n) is 8.66. The van der Waals surface area contributed by atoms with E-state index in [1.807, 2.05) is 56.3 Å². The number of thiazole rings is 1. The van der Waals surface area contributed by atoms with Gasteiger partial charge in [0.2, 0.25) is 0 Å². The highest BCUT2D eigenvalue weighted by molar-refractivity contribution is 7.99. The molecule has 0 amide bonds. The van der Waals surface area contributed by atoms with Gasteiger partial charge in [0, 0.05) is 10.9 Å². The van der Waals surface area contributed by atoms with Gasteiger partial charge in [0.25, 0.3) is 0 Å². The van der Waals surface area contributed by atoms with Crippen LogP contribution >= 0.6 is 23.1 Å². The number of para-hydroxylation sites is 2. The number of nitrogens with zero attached hydrogens (tertiary/aromatic N) is 2. The summed E-state index contributed by atoms with van der Waals surface area (Å²) in [6, 6.07) is 16.4. The van der Waals surface area contributed by atoms with Crippen LogP contribution in [0.1, 0.15) is 25.5 Å². The summed E-state index contributed by atoms with van der Waals surface area (Å²) in [5, 5.41) is 1.65. The normalized spacial score (nSPS) is 12.3. The third kappa shape index (κ3) is 3.63. The molecule has 27 heavy (non-hydrogen) atoms. The molecule has 2 heterocycles. The molecule has 0 saturated heterocycles. The molecule has 4 nitrogen and oxygen atoms in total. The van der Waals surface area contributed by atoms with Crippen LogP contribution in [0.15, 0.2) is 63.4 Å². The van der Waals surface area contributed by atoms with Crippen LogP contribution in [0.4, 0.5) is 0 Å². The zero-order valence-electron chi connectivity index (χ0n) is 15.1. The van der Waals surface area contributed by atoms with E-state index in [4.69, 9.17) is 0 Å². The van der Waals surface area contributed by atoms with Crippen molar-refractivity contribution in [1.29, 1.82) is 0 Å². The molecule has 4 rings (SSSR count). The summed E-state index contributed by atoms with van der Waals surface area (Å²) < 4.78 is 2.65. The lowest BCUT2D eigenvalue weighted by Crippen LogP contribution is -2.32. The van der Waals surface area contributed by atoms with Gasteiger partial charge in [-0.2, -0.15) is 0 Å². The van der Waals surface area contributed by atoms with Gasteiger partial charge in [0.1, 0.15) is 0 Å². The van der Waals surface area contributed by atoms with Gasteiger partial charge in [-0.3, -0.25) is 9.36 Å². The van der Waals surface area contributed by atoms with Gasteiger partial charge in [-0.1, -0.05) is 53.9 Å². The molecule has 0 bridgehead atoms. The van der Waals surface area contributed by atoms with Crippen LogP contribution in [-0.2, 0) is 0 Å². The Morgan fingerprint density at radius 1 is 1.19 bits per heavy atom. The van der Waals surface area contributed by atoms with E-state index in [-0.39, 0.29) is 10.9 Å². The average molecular weight is 394 g/mol. The Kier molecular flexibility index (Phi) is 4.76. The first-order valence-corrected chi connectivity index (χ1v) is 10.3. The Morgan fingerprint density at radius 3 is 2.59 bits per heavy atom. The number of H-pyrrole nitrogens is 1. The van der Waals surface area contributed by atoms with E-state index >= 15 is 0 Å². The second kappa shape index (κ2) is 7.21. The van der Waals surface area contributed by atoms with Gasteiger partial charge in [-0.05, 0) is 49.8 Å². The van der Waals surface area contributed by atoms with Gasteiger partial charge < -0.3 is 4.98 Å². The van der Waals surface area contributed by atoms with E-state index in [9.17, 15) is 4.79 Å². The van der Waals surface area contributed by atoms with Gasteiger partial charge in [-0.25, -0.2) is 4.98 Å². The molecule has 2 aromatic carbocycles. The van der Waals surface area contributed by atoms with E-state index in [0.717, 1.165) is 36.5 Å². The summed E-state index contributed by atoms with van der Waals surface area (Å²) in [7, 11) is 0. The highest BCUT2D eigenvalue weighted by Crippen LogP contribution is 2.27. The van der Waals surface area contributed by atoms with Crippen molar-refractivity contribution in [3.8, 4) is 0 Å². The number of hydrogen-bond acceptors (Lipinski definition) is 4. The van der Waals surface area contributed by atoms with Crippen molar-refractivity contribution in [3.05, 3.63) is 73.6 Å². The van der Waals surface area contributed by atoms with E-state index in [2.05, 4.69) is 28.7 Å². The quantitative estimate of drug-likeness (QED) is 0.574. The molecule has 6 heteroatoms. The van der Waals surface area contributed by atoms with Crippen LogP contribution in [-0.4, -0.2) is 14.5 Å². The maximum Gasteiger partial charge on any atom is 0.308 e. The predicted octanol–water partition coefficient (Wildman–Crippen LogP) is 3.76. The molecule has 0 aliphatic carbocycles. The van der Waals surface area contributed by atoms with Crippen molar-refractivity contribution in [2.24, 2.45) is 0 Å². The summed E-state index contributed by atoms with van der Waals surface area (Å²) in [6.45, 7) is 8.07. The maximum absolute atomic E-state index is 12.1. The van der Waals surface area contributed by atoms with Crippen LogP contribution in [0.2, 0.25) is 0 Å². The van der Waals surface area contributed by atoms with Gasteiger partial charge >= 0.3 is 4.87 Å². The van der Waals surface area contributed by atoms with E-state index < -0.39 is 0 Å². The Balaban J connectivity index is 1.60. The molecule has 0 aliphatic heterocycles. The molecule has 2 aromatic heterocycles. The Hall–Kier alpha value is -2.57. The van der Waals surface area contributed by atoms with Crippen LogP contribution in [0.3, 0.4) is 0 Å². The minimum absolute atomic E-state index is 0.0401. The number of imidazole rings is 1. The molecule has 4 aromatic rings. The van der Waals surface area contributed by atoms with Crippen molar-refractivity contribution in [2.45, 2.75) is 29.9 Å². The second-order valence-corrected chi connectivity index (χ2v) is 8.57. The Bertz CT molecular complexity index is 1230. The number of aromatic nitrogens is 3. The summed E-state index contributed by atoms with van der Waals surface area (Å²) in [5.41, 5.74) is 3.06. The van der Waals surface area contributed by atoms with Gasteiger partial charge in [0.05, 0.1) is 20.9 Å². The highest BCUT2D eigenvalue weighted by atomic mass is 32.2. The fraction of sp³-hybridized carbons (Fsp3) is 0.143. The van der Waals surface area contributed by atoms with Crippen molar-refractivity contribution in [1.82, 2.24) is 14.5 Å². The smallest absolute Gasteiger partial charge is 0.308 e. The molecule has 0 spiro atoms. The average Bonchev–Trinajstić information content (AvgIpc) is 3.16. The fourth-order valence-corrected chi connectivity index (χ4v) is 4.76. The number of aromatic amines is 1. The SMILES string of the molecule is C=c1/c(=C/c2ccc(Sc3nc4ccccc4[nH]3)cc2)sc(=O)n1C(C)C. The molecular weight excluding hydrogens is 374 g/mol.